The molecule has 0 unspecified atom stereocenters. The maximum Gasteiger partial charge on any atom is 1.00 e. The summed E-state index contributed by atoms with van der Waals surface area (Å²) in [5.41, 5.74) is 0. The van der Waals surface area contributed by atoms with Crippen LogP contribution in [0.4, 0.5) is 0 Å². The topological polar surface area (TPSA) is 77.4 Å². The van der Waals surface area contributed by atoms with Crippen LogP contribution >= 0.6 is 0 Å². The van der Waals surface area contributed by atoms with Gasteiger partial charge in [-0.15, -0.1) is 0 Å². The van der Waals surface area contributed by atoms with Crippen molar-refractivity contribution in [3.8, 4) is 0 Å². The number of unbranched alkanes of at least 4 members (excludes halogenated alkanes) is 12. The van der Waals surface area contributed by atoms with Crippen molar-refractivity contribution in [3.63, 3.8) is 0 Å². The van der Waals surface area contributed by atoms with Crippen LogP contribution < -0.4 is 29.6 Å². The fourth-order valence-electron chi connectivity index (χ4n) is 2.34. The molecule has 6 heteroatoms. The summed E-state index contributed by atoms with van der Waals surface area (Å²) in [5.74, 6) is -0.205. The van der Waals surface area contributed by atoms with E-state index >= 15 is 0 Å². The molecular weight excluding hydrogens is 299 g/mol. The van der Waals surface area contributed by atoms with E-state index in [9.17, 15) is 13.0 Å². The minimum absolute atomic E-state index is 0. The number of aliphatic hydroxyl groups is 1. The number of rotatable bonds is 15. The van der Waals surface area contributed by atoms with Gasteiger partial charge in [0.25, 0.3) is 0 Å². The second kappa shape index (κ2) is 17.2. The Labute approximate surface area is 153 Å². The Bertz CT molecular complexity index is 294. The molecule has 0 aliphatic carbocycles. The molecule has 1 N–H and O–H groups in total. The van der Waals surface area contributed by atoms with Crippen molar-refractivity contribution in [2.45, 2.75) is 83.5 Å². The maximum atomic E-state index is 10.4. The van der Waals surface area contributed by atoms with Gasteiger partial charge in [-0.25, -0.2) is 8.42 Å². The molecule has 0 atom stereocenters. The van der Waals surface area contributed by atoms with E-state index in [1.165, 1.54) is 44.9 Å². The Balaban J connectivity index is 0. The Morgan fingerprint density at radius 3 is 1.19 bits per heavy atom. The van der Waals surface area contributed by atoms with Gasteiger partial charge >= 0.3 is 29.6 Å². The molecule has 21 heavy (non-hydrogen) atoms. The smallest absolute Gasteiger partial charge is 0.748 e. The molecule has 0 aromatic carbocycles. The van der Waals surface area contributed by atoms with Gasteiger partial charge in [-0.2, -0.15) is 0 Å². The second-order valence-corrected chi connectivity index (χ2v) is 7.11. The minimum atomic E-state index is -4.00. The van der Waals surface area contributed by atoms with Crippen molar-refractivity contribution in [1.82, 2.24) is 0 Å². The fraction of sp³-hybridized carbons (Fsp3) is 1.00. The standard InChI is InChI=1S/C15H32O4S.Na/c16-14-12-10-8-6-4-2-1-3-5-7-9-11-13-15-20(17,18)19;/h16H,1-15H2,(H,17,18,19);/q;+1/p-1. The molecule has 0 saturated carbocycles. The number of hydrogen-bond donors (Lipinski definition) is 1. The van der Waals surface area contributed by atoms with Crippen molar-refractivity contribution < 1.29 is 47.6 Å². The molecule has 0 bridgehead atoms. The van der Waals surface area contributed by atoms with E-state index in [1.54, 1.807) is 0 Å². The summed E-state index contributed by atoms with van der Waals surface area (Å²) in [4.78, 5) is 0. The van der Waals surface area contributed by atoms with Crippen LogP contribution in [0.2, 0.25) is 0 Å². The third-order valence-corrected chi connectivity index (χ3v) is 4.34. The molecule has 0 aliphatic rings. The van der Waals surface area contributed by atoms with Crippen LogP contribution in [0, 0.1) is 0 Å². The summed E-state index contributed by atoms with van der Waals surface area (Å²) in [6.07, 6.45) is 14.5. The summed E-state index contributed by atoms with van der Waals surface area (Å²) < 4.78 is 31.1. The van der Waals surface area contributed by atoms with E-state index < -0.39 is 10.1 Å². The Hall–Kier alpha value is 0.870. The van der Waals surface area contributed by atoms with Crippen molar-refractivity contribution >= 4 is 10.1 Å². The van der Waals surface area contributed by atoms with E-state index in [4.69, 9.17) is 5.11 Å². The number of hydrogen-bond acceptors (Lipinski definition) is 4. The Morgan fingerprint density at radius 2 is 0.905 bits per heavy atom. The van der Waals surface area contributed by atoms with Crippen LogP contribution in [0.25, 0.3) is 0 Å². The molecule has 0 saturated heterocycles. The van der Waals surface area contributed by atoms with E-state index in [-0.39, 0.29) is 35.3 Å². The summed E-state index contributed by atoms with van der Waals surface area (Å²) in [5, 5.41) is 8.64. The molecule has 0 spiro atoms. The van der Waals surface area contributed by atoms with Gasteiger partial charge in [0.1, 0.15) is 0 Å². The van der Waals surface area contributed by atoms with Crippen LogP contribution in [0.3, 0.4) is 0 Å². The molecule has 0 aromatic rings. The van der Waals surface area contributed by atoms with Gasteiger partial charge < -0.3 is 9.66 Å². The monoisotopic (exact) mass is 330 g/mol. The summed E-state index contributed by atoms with van der Waals surface area (Å²) in [7, 11) is -4.00. The van der Waals surface area contributed by atoms with Crippen molar-refractivity contribution in [3.05, 3.63) is 0 Å². The van der Waals surface area contributed by atoms with E-state index in [2.05, 4.69) is 0 Å². The van der Waals surface area contributed by atoms with E-state index in [0.29, 0.717) is 13.0 Å². The van der Waals surface area contributed by atoms with Crippen LogP contribution in [-0.2, 0) is 10.1 Å². The zero-order valence-corrected chi connectivity index (χ0v) is 16.5. The number of aliphatic hydroxyl groups excluding tert-OH is 1. The van der Waals surface area contributed by atoms with Crippen LogP contribution in [-0.4, -0.2) is 30.4 Å². The summed E-state index contributed by atoms with van der Waals surface area (Å²) in [6.45, 7) is 0.320. The summed E-state index contributed by atoms with van der Waals surface area (Å²) in [6, 6.07) is 0. The van der Waals surface area contributed by atoms with Gasteiger partial charge in [0.15, 0.2) is 0 Å². The average Bonchev–Trinajstić information content (AvgIpc) is 2.38. The van der Waals surface area contributed by atoms with Crippen LogP contribution in [0.5, 0.6) is 0 Å². The van der Waals surface area contributed by atoms with Gasteiger partial charge in [-0.3, -0.25) is 0 Å². The predicted molar refractivity (Wildman–Crippen MR) is 81.7 cm³/mol. The van der Waals surface area contributed by atoms with Gasteiger partial charge in [-0.05, 0) is 12.8 Å². The van der Waals surface area contributed by atoms with Crippen LogP contribution in [0.15, 0.2) is 0 Å². The third-order valence-electron chi connectivity index (χ3n) is 3.55. The van der Waals surface area contributed by atoms with Gasteiger partial charge in [0.2, 0.25) is 0 Å². The van der Waals surface area contributed by atoms with Crippen molar-refractivity contribution in [1.29, 1.82) is 0 Å². The molecular formula is C15H31NaO4S. The zero-order valence-electron chi connectivity index (χ0n) is 13.7. The van der Waals surface area contributed by atoms with Crippen molar-refractivity contribution in [2.75, 3.05) is 12.4 Å². The first-order valence-electron chi connectivity index (χ1n) is 8.10. The molecule has 0 rings (SSSR count). The first-order valence-corrected chi connectivity index (χ1v) is 9.68. The largest absolute Gasteiger partial charge is 1.00 e. The second-order valence-electron chi connectivity index (χ2n) is 5.58. The van der Waals surface area contributed by atoms with E-state index in [1.807, 2.05) is 0 Å². The SMILES string of the molecule is O=S(=O)([O-])CCCCCCCCCCCCCCCO.[Na+]. The fourth-order valence-corrected chi connectivity index (χ4v) is 2.89. The molecule has 0 aromatic heterocycles. The maximum absolute atomic E-state index is 10.4. The zero-order chi connectivity index (χ0) is 15.1. The molecule has 0 radical (unpaired) electrons. The quantitative estimate of drug-likeness (QED) is 0.271. The molecule has 4 nitrogen and oxygen atoms in total. The predicted octanol–water partition coefficient (Wildman–Crippen LogP) is 0.599. The van der Waals surface area contributed by atoms with Gasteiger partial charge in [-0.1, -0.05) is 70.6 Å². The normalized spacial score (nSPS) is 11.3. The van der Waals surface area contributed by atoms with Crippen LogP contribution in [0.1, 0.15) is 83.5 Å². The molecule has 0 fully saturated rings. The summed E-state index contributed by atoms with van der Waals surface area (Å²) >= 11 is 0. The average molecular weight is 330 g/mol. The molecule has 122 valence electrons. The molecule has 0 aliphatic heterocycles. The first-order chi connectivity index (χ1) is 9.56. The third kappa shape index (κ3) is 23.3. The van der Waals surface area contributed by atoms with Gasteiger partial charge in [0, 0.05) is 12.4 Å². The Morgan fingerprint density at radius 1 is 0.619 bits per heavy atom. The first kappa shape index (κ1) is 24.1. The molecule has 0 amide bonds. The van der Waals surface area contributed by atoms with E-state index in [0.717, 1.165) is 32.1 Å². The molecule has 0 heterocycles. The Kier molecular flexibility index (Phi) is 19.8. The van der Waals surface area contributed by atoms with Crippen molar-refractivity contribution in [2.24, 2.45) is 0 Å². The minimum Gasteiger partial charge on any atom is -0.748 e. The van der Waals surface area contributed by atoms with Gasteiger partial charge in [0.05, 0.1) is 10.1 Å².